The lowest BCUT2D eigenvalue weighted by atomic mass is 9.80. The normalized spacial score (nSPS) is 17.5. The number of nitrogens with one attached hydrogen (secondary N) is 1. The lowest BCUT2D eigenvalue weighted by Crippen LogP contribution is -2.45. The molecule has 0 saturated heterocycles. The van der Waals surface area contributed by atoms with E-state index in [0.717, 1.165) is 12.5 Å². The topological polar surface area (TPSA) is 15.3 Å². The Morgan fingerprint density at radius 2 is 1.82 bits per heavy atom. The molecule has 0 aliphatic heterocycles. The van der Waals surface area contributed by atoms with Crippen LogP contribution in [0.5, 0.6) is 0 Å². The summed E-state index contributed by atoms with van der Waals surface area (Å²) in [5, 5.41) is 3.39. The van der Waals surface area contributed by atoms with Crippen LogP contribution in [0.25, 0.3) is 0 Å². The van der Waals surface area contributed by atoms with Gasteiger partial charge >= 0.3 is 0 Å². The summed E-state index contributed by atoms with van der Waals surface area (Å²) in [6.45, 7) is 12.0. The molecule has 0 atom stereocenters. The Morgan fingerprint density at radius 1 is 1.18 bits per heavy atom. The molecule has 1 aliphatic rings. The molecule has 0 bridgehead atoms. The van der Waals surface area contributed by atoms with Crippen LogP contribution in [0.3, 0.4) is 0 Å². The number of hydrogen-bond donors (Lipinski definition) is 1. The molecule has 0 unspecified atom stereocenters. The van der Waals surface area contributed by atoms with Crippen molar-refractivity contribution in [2.45, 2.75) is 52.9 Å². The number of rotatable bonds is 9. The van der Waals surface area contributed by atoms with E-state index in [1.807, 2.05) is 0 Å². The maximum atomic E-state index is 3.39. The fraction of sp³-hybridized carbons (Fsp3) is 1.00. The summed E-state index contributed by atoms with van der Waals surface area (Å²) < 4.78 is 0. The van der Waals surface area contributed by atoms with Gasteiger partial charge in [0.15, 0.2) is 0 Å². The van der Waals surface area contributed by atoms with Crippen molar-refractivity contribution < 1.29 is 0 Å². The fourth-order valence-corrected chi connectivity index (χ4v) is 2.97. The Hall–Kier alpha value is -0.0800. The highest BCUT2D eigenvalue weighted by Gasteiger charge is 2.29. The molecule has 0 radical (unpaired) electrons. The van der Waals surface area contributed by atoms with Gasteiger partial charge in [0.1, 0.15) is 0 Å². The van der Waals surface area contributed by atoms with Crippen molar-refractivity contribution in [2.24, 2.45) is 11.3 Å². The van der Waals surface area contributed by atoms with Crippen molar-refractivity contribution in [3.05, 3.63) is 0 Å². The highest BCUT2D eigenvalue weighted by Crippen LogP contribution is 2.30. The van der Waals surface area contributed by atoms with Crippen LogP contribution in [0.15, 0.2) is 0 Å². The van der Waals surface area contributed by atoms with Gasteiger partial charge in [0.05, 0.1) is 0 Å². The van der Waals surface area contributed by atoms with Crippen molar-refractivity contribution in [2.75, 3.05) is 33.2 Å². The first-order chi connectivity index (χ1) is 8.19. The molecule has 1 fully saturated rings. The first-order valence-electron chi connectivity index (χ1n) is 7.56. The third kappa shape index (κ3) is 4.26. The second-order valence-corrected chi connectivity index (χ2v) is 5.86. The van der Waals surface area contributed by atoms with Gasteiger partial charge in [0.2, 0.25) is 0 Å². The Kier molecular flexibility index (Phi) is 6.50. The largest absolute Gasteiger partial charge is 0.319 e. The zero-order valence-electron chi connectivity index (χ0n) is 12.4. The van der Waals surface area contributed by atoms with E-state index in [1.165, 1.54) is 51.7 Å². The van der Waals surface area contributed by atoms with E-state index >= 15 is 0 Å². The lowest BCUT2D eigenvalue weighted by Gasteiger charge is -2.39. The fourth-order valence-electron chi connectivity index (χ4n) is 2.97. The van der Waals surface area contributed by atoms with Gasteiger partial charge in [-0.1, -0.05) is 27.2 Å². The van der Waals surface area contributed by atoms with E-state index in [9.17, 15) is 0 Å². The van der Waals surface area contributed by atoms with E-state index < -0.39 is 0 Å². The van der Waals surface area contributed by atoms with Gasteiger partial charge in [-0.05, 0) is 50.6 Å². The van der Waals surface area contributed by atoms with Crippen molar-refractivity contribution in [1.82, 2.24) is 10.2 Å². The van der Waals surface area contributed by atoms with E-state index in [1.54, 1.807) is 0 Å². The number of nitrogens with zero attached hydrogens (tertiary/aromatic N) is 1. The van der Waals surface area contributed by atoms with Crippen molar-refractivity contribution in [3.8, 4) is 0 Å². The van der Waals surface area contributed by atoms with Crippen LogP contribution in [-0.4, -0.2) is 38.1 Å². The van der Waals surface area contributed by atoms with Crippen LogP contribution in [0, 0.1) is 11.3 Å². The van der Waals surface area contributed by atoms with Gasteiger partial charge in [-0.25, -0.2) is 0 Å². The van der Waals surface area contributed by atoms with Gasteiger partial charge in [-0.15, -0.1) is 0 Å². The summed E-state index contributed by atoms with van der Waals surface area (Å²) in [6.07, 6.45) is 6.96. The predicted molar refractivity (Wildman–Crippen MR) is 76.4 cm³/mol. The summed E-state index contributed by atoms with van der Waals surface area (Å²) >= 11 is 0. The minimum atomic E-state index is 0.481. The Morgan fingerprint density at radius 3 is 2.18 bits per heavy atom. The number of hydrogen-bond acceptors (Lipinski definition) is 2. The third-order valence-corrected chi connectivity index (χ3v) is 4.80. The average molecular weight is 240 g/mol. The Balaban J connectivity index is 2.48. The molecule has 0 aromatic carbocycles. The molecule has 1 saturated carbocycles. The van der Waals surface area contributed by atoms with Gasteiger partial charge in [-0.3, -0.25) is 0 Å². The van der Waals surface area contributed by atoms with Crippen molar-refractivity contribution >= 4 is 0 Å². The average Bonchev–Trinajstić information content (AvgIpc) is 2.31. The zero-order valence-corrected chi connectivity index (χ0v) is 12.4. The van der Waals surface area contributed by atoms with E-state index in [2.05, 4.69) is 38.0 Å². The molecule has 2 nitrogen and oxygen atoms in total. The summed E-state index contributed by atoms with van der Waals surface area (Å²) in [5.41, 5.74) is 0.481. The third-order valence-electron chi connectivity index (χ3n) is 4.80. The van der Waals surface area contributed by atoms with Gasteiger partial charge in [0.25, 0.3) is 0 Å². The van der Waals surface area contributed by atoms with Crippen LogP contribution in [0.4, 0.5) is 0 Å². The maximum Gasteiger partial charge on any atom is 0.00499 e. The van der Waals surface area contributed by atoms with Crippen LogP contribution in [-0.2, 0) is 0 Å². The molecule has 0 aromatic rings. The zero-order chi connectivity index (χ0) is 12.7. The maximum absolute atomic E-state index is 3.39. The van der Waals surface area contributed by atoms with Gasteiger partial charge in [-0.2, -0.15) is 0 Å². The molecule has 1 rings (SSSR count). The summed E-state index contributed by atoms with van der Waals surface area (Å²) in [5.74, 6) is 0.996. The summed E-state index contributed by atoms with van der Waals surface area (Å²) in [6, 6.07) is 0. The predicted octanol–water partition coefficient (Wildman–Crippen LogP) is 3.13. The monoisotopic (exact) mass is 240 g/mol. The molecule has 0 aromatic heterocycles. The lowest BCUT2D eigenvalue weighted by molar-refractivity contribution is 0.107. The SMILES string of the molecule is CCN(CC1CCC1)CC(CC)(CC)CNC. The molecular weight excluding hydrogens is 208 g/mol. The first-order valence-corrected chi connectivity index (χ1v) is 7.56. The van der Waals surface area contributed by atoms with Crippen molar-refractivity contribution in [1.29, 1.82) is 0 Å². The molecular formula is C15H32N2. The standard InChI is InChI=1S/C15H32N2/c1-5-15(6-2,12-16-4)13-17(7-3)11-14-9-8-10-14/h14,16H,5-13H2,1-4H3. The first kappa shape index (κ1) is 15.0. The van der Waals surface area contributed by atoms with Crippen LogP contribution >= 0.6 is 0 Å². The second-order valence-electron chi connectivity index (χ2n) is 5.86. The van der Waals surface area contributed by atoms with Gasteiger partial charge in [0, 0.05) is 19.6 Å². The molecule has 1 aliphatic carbocycles. The van der Waals surface area contributed by atoms with Crippen molar-refractivity contribution in [3.63, 3.8) is 0 Å². The van der Waals surface area contributed by atoms with E-state index in [-0.39, 0.29) is 0 Å². The smallest absolute Gasteiger partial charge is 0.00499 e. The van der Waals surface area contributed by atoms with Crippen LogP contribution in [0.1, 0.15) is 52.9 Å². The van der Waals surface area contributed by atoms with E-state index in [0.29, 0.717) is 5.41 Å². The minimum absolute atomic E-state index is 0.481. The highest BCUT2D eigenvalue weighted by molar-refractivity contribution is 4.84. The summed E-state index contributed by atoms with van der Waals surface area (Å²) in [7, 11) is 2.09. The highest BCUT2D eigenvalue weighted by atomic mass is 15.1. The molecule has 0 spiro atoms. The van der Waals surface area contributed by atoms with Crippen LogP contribution in [0.2, 0.25) is 0 Å². The molecule has 2 heteroatoms. The summed E-state index contributed by atoms with van der Waals surface area (Å²) in [4.78, 5) is 2.69. The minimum Gasteiger partial charge on any atom is -0.319 e. The Labute approximate surface area is 108 Å². The quantitative estimate of drug-likeness (QED) is 0.666. The molecule has 17 heavy (non-hydrogen) atoms. The van der Waals surface area contributed by atoms with Crippen LogP contribution < -0.4 is 5.32 Å². The van der Waals surface area contributed by atoms with Gasteiger partial charge < -0.3 is 10.2 Å². The molecule has 1 N–H and O–H groups in total. The molecule has 102 valence electrons. The second kappa shape index (κ2) is 7.38. The Bertz CT molecular complexity index is 195. The molecule has 0 amide bonds. The molecule has 0 heterocycles. The van der Waals surface area contributed by atoms with E-state index in [4.69, 9.17) is 0 Å².